The summed E-state index contributed by atoms with van der Waals surface area (Å²) in [6.07, 6.45) is 1.25. The normalized spacial score (nSPS) is 19.2. The molecule has 0 unspecified atom stereocenters. The molecule has 1 atom stereocenters. The Balaban J connectivity index is 1.97. The summed E-state index contributed by atoms with van der Waals surface area (Å²) < 4.78 is 33.0. The summed E-state index contributed by atoms with van der Waals surface area (Å²) >= 11 is 3.11. The highest BCUT2D eigenvalue weighted by Crippen LogP contribution is 2.26. The SMILES string of the molecule is CC(C)(C)OC(=O)N[C@@H]1CCCN(Cc2c(F)ccc(F)c2Br)C1. The van der Waals surface area contributed by atoms with Gasteiger partial charge in [0.15, 0.2) is 0 Å². The van der Waals surface area contributed by atoms with Crippen LogP contribution in [0.4, 0.5) is 13.6 Å². The molecular formula is C17H23BrF2N2O2. The van der Waals surface area contributed by atoms with Gasteiger partial charge in [-0.2, -0.15) is 0 Å². The average molecular weight is 405 g/mol. The molecule has 7 heteroatoms. The summed E-state index contributed by atoms with van der Waals surface area (Å²) in [6, 6.07) is 2.17. The van der Waals surface area contributed by atoms with Gasteiger partial charge in [0.2, 0.25) is 0 Å². The Hall–Kier alpha value is -1.21. The van der Waals surface area contributed by atoms with E-state index in [1.165, 1.54) is 0 Å². The van der Waals surface area contributed by atoms with E-state index in [0.717, 1.165) is 31.5 Å². The number of nitrogens with zero attached hydrogens (tertiary/aromatic N) is 1. The average Bonchev–Trinajstić information content (AvgIpc) is 2.46. The van der Waals surface area contributed by atoms with E-state index in [0.29, 0.717) is 12.1 Å². The van der Waals surface area contributed by atoms with Crippen molar-refractivity contribution < 1.29 is 18.3 Å². The third-order valence-corrected chi connectivity index (χ3v) is 4.60. The number of carbonyl (C=O) groups is 1. The quantitative estimate of drug-likeness (QED) is 0.766. The number of piperidine rings is 1. The maximum atomic E-state index is 14.0. The van der Waals surface area contributed by atoms with E-state index in [1.54, 1.807) is 0 Å². The zero-order chi connectivity index (χ0) is 17.9. The number of rotatable bonds is 3. The highest BCUT2D eigenvalue weighted by atomic mass is 79.9. The number of amides is 1. The van der Waals surface area contributed by atoms with Gasteiger partial charge in [0, 0.05) is 24.7 Å². The molecule has 1 aromatic rings. The van der Waals surface area contributed by atoms with Gasteiger partial charge in [-0.15, -0.1) is 0 Å². The molecule has 1 amide bonds. The summed E-state index contributed by atoms with van der Waals surface area (Å²) in [4.78, 5) is 13.9. The van der Waals surface area contributed by atoms with E-state index >= 15 is 0 Å². The van der Waals surface area contributed by atoms with Crippen molar-refractivity contribution in [1.29, 1.82) is 0 Å². The van der Waals surface area contributed by atoms with Gasteiger partial charge in [0.25, 0.3) is 0 Å². The van der Waals surface area contributed by atoms with Gasteiger partial charge in [0.1, 0.15) is 17.2 Å². The molecule has 4 nitrogen and oxygen atoms in total. The third kappa shape index (κ3) is 5.41. The standard InChI is InChI=1S/C17H23BrF2N2O2/c1-17(2,3)24-16(23)21-11-5-4-8-22(9-11)10-12-13(19)6-7-14(20)15(12)18/h6-7,11H,4-5,8-10H2,1-3H3,(H,21,23)/t11-/m1/s1. The number of carbonyl (C=O) groups excluding carboxylic acids is 1. The summed E-state index contributed by atoms with van der Waals surface area (Å²) in [5.41, 5.74) is -0.249. The van der Waals surface area contributed by atoms with Crippen LogP contribution < -0.4 is 5.32 Å². The van der Waals surface area contributed by atoms with Crippen LogP contribution in [0.1, 0.15) is 39.2 Å². The predicted molar refractivity (Wildman–Crippen MR) is 91.7 cm³/mol. The van der Waals surface area contributed by atoms with Crippen molar-refractivity contribution >= 4 is 22.0 Å². The fourth-order valence-electron chi connectivity index (χ4n) is 2.73. The van der Waals surface area contributed by atoms with Gasteiger partial charge >= 0.3 is 6.09 Å². The molecule has 0 aliphatic carbocycles. The van der Waals surface area contributed by atoms with Crippen LogP contribution in [0, 0.1) is 11.6 Å². The van der Waals surface area contributed by atoms with E-state index in [-0.39, 0.29) is 17.1 Å². The van der Waals surface area contributed by atoms with Crippen LogP contribution in [-0.4, -0.2) is 35.7 Å². The van der Waals surface area contributed by atoms with Crippen molar-refractivity contribution in [1.82, 2.24) is 10.2 Å². The second kappa shape index (κ2) is 7.78. The van der Waals surface area contributed by atoms with Crippen LogP contribution in [0.5, 0.6) is 0 Å². The predicted octanol–water partition coefficient (Wildman–Crippen LogP) is 4.22. The minimum absolute atomic E-state index is 0.0657. The molecule has 1 saturated heterocycles. The lowest BCUT2D eigenvalue weighted by molar-refractivity contribution is 0.0470. The molecule has 24 heavy (non-hydrogen) atoms. The van der Waals surface area contributed by atoms with E-state index < -0.39 is 23.3 Å². The lowest BCUT2D eigenvalue weighted by Crippen LogP contribution is -2.48. The van der Waals surface area contributed by atoms with Gasteiger partial charge in [-0.3, -0.25) is 4.90 Å². The number of hydrogen-bond acceptors (Lipinski definition) is 3. The molecule has 134 valence electrons. The fourth-order valence-corrected chi connectivity index (χ4v) is 3.18. The molecule has 1 heterocycles. The Bertz CT molecular complexity index is 605. The minimum Gasteiger partial charge on any atom is -0.444 e. The van der Waals surface area contributed by atoms with E-state index in [1.807, 2.05) is 25.7 Å². The van der Waals surface area contributed by atoms with Crippen molar-refractivity contribution in [3.05, 3.63) is 33.8 Å². The summed E-state index contributed by atoms with van der Waals surface area (Å²) in [7, 11) is 0. The Morgan fingerprint density at radius 2 is 2.04 bits per heavy atom. The molecule has 0 saturated carbocycles. The van der Waals surface area contributed by atoms with E-state index in [4.69, 9.17) is 4.74 Å². The molecule has 1 N–H and O–H groups in total. The van der Waals surface area contributed by atoms with Gasteiger partial charge in [0.05, 0.1) is 4.47 Å². The Morgan fingerprint density at radius 3 is 2.71 bits per heavy atom. The highest BCUT2D eigenvalue weighted by Gasteiger charge is 2.25. The molecule has 0 radical (unpaired) electrons. The summed E-state index contributed by atoms with van der Waals surface area (Å²) in [6.45, 7) is 7.06. The Labute approximate surface area is 149 Å². The second-order valence-electron chi connectivity index (χ2n) is 7.04. The first kappa shape index (κ1) is 19.1. The first-order valence-corrected chi connectivity index (χ1v) is 8.79. The van der Waals surface area contributed by atoms with Crippen molar-refractivity contribution in [3.63, 3.8) is 0 Å². The number of alkyl carbamates (subject to hydrolysis) is 1. The Morgan fingerprint density at radius 1 is 1.38 bits per heavy atom. The summed E-state index contributed by atoms with van der Waals surface area (Å²) in [5, 5.41) is 2.85. The van der Waals surface area contributed by atoms with Crippen molar-refractivity contribution in [2.24, 2.45) is 0 Å². The number of nitrogens with one attached hydrogen (secondary N) is 1. The molecular weight excluding hydrogens is 382 g/mol. The molecule has 0 aromatic heterocycles. The number of likely N-dealkylation sites (tertiary alicyclic amines) is 1. The van der Waals surface area contributed by atoms with E-state index in [2.05, 4.69) is 21.2 Å². The maximum absolute atomic E-state index is 14.0. The molecule has 0 bridgehead atoms. The van der Waals surface area contributed by atoms with Gasteiger partial charge in [-0.05, 0) is 68.2 Å². The summed E-state index contributed by atoms with van der Waals surface area (Å²) in [5.74, 6) is -0.919. The van der Waals surface area contributed by atoms with Gasteiger partial charge in [-0.1, -0.05) is 0 Å². The van der Waals surface area contributed by atoms with Crippen molar-refractivity contribution in [2.75, 3.05) is 13.1 Å². The van der Waals surface area contributed by atoms with Crippen LogP contribution in [0.25, 0.3) is 0 Å². The zero-order valence-electron chi connectivity index (χ0n) is 14.2. The number of halogens is 3. The maximum Gasteiger partial charge on any atom is 0.407 e. The number of benzene rings is 1. The van der Waals surface area contributed by atoms with Crippen LogP contribution in [0.15, 0.2) is 16.6 Å². The Kier molecular flexibility index (Phi) is 6.20. The molecule has 1 aliphatic rings. The van der Waals surface area contributed by atoms with Crippen molar-refractivity contribution in [3.8, 4) is 0 Å². The first-order chi connectivity index (χ1) is 11.2. The lowest BCUT2D eigenvalue weighted by Gasteiger charge is -2.33. The highest BCUT2D eigenvalue weighted by molar-refractivity contribution is 9.10. The van der Waals surface area contributed by atoms with Gasteiger partial charge < -0.3 is 10.1 Å². The number of hydrogen-bond donors (Lipinski definition) is 1. The van der Waals surface area contributed by atoms with Crippen LogP contribution in [0.2, 0.25) is 0 Å². The smallest absolute Gasteiger partial charge is 0.407 e. The molecule has 1 fully saturated rings. The monoisotopic (exact) mass is 404 g/mol. The van der Waals surface area contributed by atoms with Gasteiger partial charge in [-0.25, -0.2) is 13.6 Å². The molecule has 0 spiro atoms. The van der Waals surface area contributed by atoms with Crippen LogP contribution >= 0.6 is 15.9 Å². The van der Waals surface area contributed by atoms with Crippen molar-refractivity contribution in [2.45, 2.75) is 51.8 Å². The third-order valence-electron chi connectivity index (χ3n) is 3.75. The number of ether oxygens (including phenoxy) is 1. The second-order valence-corrected chi connectivity index (χ2v) is 7.84. The molecule has 1 aromatic carbocycles. The van der Waals surface area contributed by atoms with Crippen LogP contribution in [-0.2, 0) is 11.3 Å². The molecule has 2 rings (SSSR count). The lowest BCUT2D eigenvalue weighted by atomic mass is 10.0. The zero-order valence-corrected chi connectivity index (χ0v) is 15.8. The largest absolute Gasteiger partial charge is 0.444 e. The molecule has 1 aliphatic heterocycles. The first-order valence-electron chi connectivity index (χ1n) is 8.00. The topological polar surface area (TPSA) is 41.6 Å². The minimum atomic E-state index is -0.548. The fraction of sp³-hybridized carbons (Fsp3) is 0.588. The van der Waals surface area contributed by atoms with Crippen LogP contribution in [0.3, 0.4) is 0 Å². The van der Waals surface area contributed by atoms with E-state index in [9.17, 15) is 13.6 Å².